The fraction of sp³-hybridized carbons (Fsp3) is 0.500. The first kappa shape index (κ1) is 15.2. The normalized spacial score (nSPS) is 12.5. The van der Waals surface area contributed by atoms with Crippen molar-refractivity contribution in [1.29, 1.82) is 0 Å². The Morgan fingerprint density at radius 3 is 2.61 bits per heavy atom. The molecule has 0 heterocycles. The van der Waals surface area contributed by atoms with Crippen LogP contribution in [-0.2, 0) is 4.74 Å². The molecule has 0 aliphatic heterocycles. The quantitative estimate of drug-likeness (QED) is 0.813. The molecule has 0 aliphatic carbocycles. The van der Waals surface area contributed by atoms with Crippen molar-refractivity contribution in [2.45, 2.75) is 26.9 Å². The van der Waals surface area contributed by atoms with Gasteiger partial charge >= 0.3 is 5.97 Å². The van der Waals surface area contributed by atoms with Gasteiger partial charge in [-0.25, -0.2) is 4.79 Å². The average Bonchev–Trinajstić information content (AvgIpc) is 2.35. The summed E-state index contributed by atoms with van der Waals surface area (Å²) in [5, 5.41) is 0. The molecular weight excluding hydrogens is 294 g/mol. The van der Waals surface area contributed by atoms with Gasteiger partial charge in [0.1, 0.15) is 12.6 Å². The number of halogens is 1. The highest BCUT2D eigenvalue weighted by atomic mass is 79.9. The summed E-state index contributed by atoms with van der Waals surface area (Å²) in [6.45, 7) is 9.18. The number of esters is 1. The molecule has 4 heteroatoms. The van der Waals surface area contributed by atoms with Gasteiger partial charge in [0.05, 0.1) is 18.7 Å². The Morgan fingerprint density at radius 1 is 1.39 bits per heavy atom. The molecule has 0 saturated heterocycles. The van der Waals surface area contributed by atoms with Crippen LogP contribution < -0.4 is 4.90 Å². The molecule has 18 heavy (non-hydrogen) atoms. The van der Waals surface area contributed by atoms with Crippen molar-refractivity contribution >= 4 is 21.9 Å². The minimum absolute atomic E-state index is 0.0635. The first-order chi connectivity index (χ1) is 8.56. The molecule has 1 N–H and O–H groups in total. The standard InChI is InChI=1S/C14H20BrNO2/c1-4-16(5-2)10-11(3)18-14(17)12-7-6-8-13(15)9-12/h6-9,11H,4-5,10H2,1-3H3/p+1/t11-/m0/s1. The maximum atomic E-state index is 11.9. The van der Waals surface area contributed by atoms with E-state index < -0.39 is 0 Å². The van der Waals surface area contributed by atoms with Gasteiger partial charge in [0.2, 0.25) is 0 Å². The van der Waals surface area contributed by atoms with Gasteiger partial charge in [0.25, 0.3) is 0 Å². The van der Waals surface area contributed by atoms with E-state index in [0.717, 1.165) is 24.1 Å². The summed E-state index contributed by atoms with van der Waals surface area (Å²) in [6, 6.07) is 7.27. The molecule has 0 fully saturated rings. The molecule has 0 saturated carbocycles. The molecule has 1 atom stereocenters. The van der Waals surface area contributed by atoms with E-state index in [1.165, 1.54) is 4.90 Å². The second-order valence-electron chi connectivity index (χ2n) is 4.39. The van der Waals surface area contributed by atoms with E-state index in [1.54, 1.807) is 12.1 Å². The van der Waals surface area contributed by atoms with E-state index in [1.807, 2.05) is 19.1 Å². The largest absolute Gasteiger partial charge is 0.453 e. The maximum Gasteiger partial charge on any atom is 0.338 e. The fourth-order valence-corrected chi connectivity index (χ4v) is 2.25. The van der Waals surface area contributed by atoms with E-state index >= 15 is 0 Å². The molecule has 0 aromatic heterocycles. The second-order valence-corrected chi connectivity index (χ2v) is 5.30. The van der Waals surface area contributed by atoms with E-state index in [-0.39, 0.29) is 12.1 Å². The van der Waals surface area contributed by atoms with Crippen LogP contribution in [-0.4, -0.2) is 31.7 Å². The number of benzene rings is 1. The van der Waals surface area contributed by atoms with E-state index in [2.05, 4.69) is 29.8 Å². The van der Waals surface area contributed by atoms with Crippen LogP contribution in [0.4, 0.5) is 0 Å². The monoisotopic (exact) mass is 314 g/mol. The van der Waals surface area contributed by atoms with Crippen LogP contribution in [0, 0.1) is 0 Å². The number of quaternary nitrogens is 1. The van der Waals surface area contributed by atoms with Gasteiger partial charge in [-0.2, -0.15) is 0 Å². The number of hydrogen-bond donors (Lipinski definition) is 1. The Labute approximate surface area is 117 Å². The van der Waals surface area contributed by atoms with Crippen LogP contribution in [0.3, 0.4) is 0 Å². The number of carbonyl (C=O) groups excluding carboxylic acids is 1. The smallest absolute Gasteiger partial charge is 0.338 e. The Kier molecular flexibility index (Phi) is 6.36. The zero-order chi connectivity index (χ0) is 13.5. The zero-order valence-corrected chi connectivity index (χ0v) is 12.8. The van der Waals surface area contributed by atoms with Gasteiger partial charge < -0.3 is 9.64 Å². The van der Waals surface area contributed by atoms with E-state index in [4.69, 9.17) is 4.74 Å². The molecule has 0 bridgehead atoms. The molecule has 0 radical (unpaired) electrons. The van der Waals surface area contributed by atoms with E-state index in [9.17, 15) is 4.79 Å². The third-order valence-electron chi connectivity index (χ3n) is 2.94. The molecule has 1 rings (SSSR count). The van der Waals surface area contributed by atoms with Crippen molar-refractivity contribution in [3.05, 3.63) is 34.3 Å². The van der Waals surface area contributed by atoms with Gasteiger partial charge in [0.15, 0.2) is 0 Å². The molecule has 100 valence electrons. The molecule has 0 unspecified atom stereocenters. The highest BCUT2D eigenvalue weighted by molar-refractivity contribution is 9.10. The number of carbonyl (C=O) groups is 1. The summed E-state index contributed by atoms with van der Waals surface area (Å²) in [6.07, 6.45) is -0.0635. The predicted molar refractivity (Wildman–Crippen MR) is 75.9 cm³/mol. The molecule has 1 aromatic carbocycles. The zero-order valence-electron chi connectivity index (χ0n) is 11.2. The topological polar surface area (TPSA) is 30.7 Å². The van der Waals surface area contributed by atoms with Gasteiger partial charge in [-0.05, 0) is 39.0 Å². The van der Waals surface area contributed by atoms with E-state index in [0.29, 0.717) is 5.56 Å². The summed E-state index contributed by atoms with van der Waals surface area (Å²) >= 11 is 3.35. The number of ether oxygens (including phenoxy) is 1. The van der Waals surface area contributed by atoms with Crippen molar-refractivity contribution < 1.29 is 14.4 Å². The van der Waals surface area contributed by atoms with Gasteiger partial charge in [-0.3, -0.25) is 0 Å². The summed E-state index contributed by atoms with van der Waals surface area (Å²) in [5.74, 6) is -0.254. The molecule has 3 nitrogen and oxygen atoms in total. The summed E-state index contributed by atoms with van der Waals surface area (Å²) in [4.78, 5) is 13.3. The van der Waals surface area contributed by atoms with Gasteiger partial charge in [-0.1, -0.05) is 22.0 Å². The van der Waals surface area contributed by atoms with Crippen molar-refractivity contribution in [3.63, 3.8) is 0 Å². The lowest BCUT2D eigenvalue weighted by Crippen LogP contribution is -3.12. The molecule has 0 spiro atoms. The van der Waals surface area contributed by atoms with Crippen LogP contribution in [0.2, 0.25) is 0 Å². The van der Waals surface area contributed by atoms with Crippen molar-refractivity contribution in [3.8, 4) is 0 Å². The average molecular weight is 315 g/mol. The summed E-state index contributed by atoms with van der Waals surface area (Å²) in [7, 11) is 0. The lowest BCUT2D eigenvalue weighted by Gasteiger charge is -2.20. The van der Waals surface area contributed by atoms with Crippen LogP contribution in [0.25, 0.3) is 0 Å². The van der Waals surface area contributed by atoms with Crippen molar-refractivity contribution in [2.24, 2.45) is 0 Å². The summed E-state index contributed by atoms with van der Waals surface area (Å²) in [5.41, 5.74) is 0.589. The Morgan fingerprint density at radius 2 is 2.06 bits per heavy atom. The van der Waals surface area contributed by atoms with Crippen molar-refractivity contribution in [2.75, 3.05) is 19.6 Å². The van der Waals surface area contributed by atoms with Gasteiger partial charge in [-0.15, -0.1) is 0 Å². The Hall–Kier alpha value is -0.870. The lowest BCUT2D eigenvalue weighted by molar-refractivity contribution is -0.899. The third-order valence-corrected chi connectivity index (χ3v) is 3.44. The van der Waals surface area contributed by atoms with Crippen LogP contribution in [0.1, 0.15) is 31.1 Å². The van der Waals surface area contributed by atoms with Crippen molar-refractivity contribution in [1.82, 2.24) is 0 Å². The highest BCUT2D eigenvalue weighted by Gasteiger charge is 2.16. The highest BCUT2D eigenvalue weighted by Crippen LogP contribution is 2.12. The second kappa shape index (κ2) is 7.54. The molecule has 0 aliphatic rings. The number of nitrogens with one attached hydrogen (secondary N) is 1. The first-order valence-corrected chi connectivity index (χ1v) is 7.16. The minimum atomic E-state index is -0.254. The number of hydrogen-bond acceptors (Lipinski definition) is 2. The molecule has 0 amide bonds. The maximum absolute atomic E-state index is 11.9. The third kappa shape index (κ3) is 4.78. The lowest BCUT2D eigenvalue weighted by atomic mass is 10.2. The number of rotatable bonds is 6. The fourth-order valence-electron chi connectivity index (χ4n) is 1.85. The summed E-state index contributed by atoms with van der Waals surface area (Å²) < 4.78 is 6.33. The van der Waals surface area contributed by atoms with Gasteiger partial charge in [0, 0.05) is 4.47 Å². The first-order valence-electron chi connectivity index (χ1n) is 6.36. The molecule has 1 aromatic rings. The number of likely N-dealkylation sites (N-methyl/N-ethyl adjacent to an activating group) is 1. The Bertz CT molecular complexity index is 391. The minimum Gasteiger partial charge on any atom is -0.453 e. The SMILES string of the molecule is CC[NH+](CC)C[C@H](C)OC(=O)c1cccc(Br)c1. The van der Waals surface area contributed by atoms with Crippen LogP contribution in [0.15, 0.2) is 28.7 Å². The van der Waals surface area contributed by atoms with Crippen LogP contribution >= 0.6 is 15.9 Å². The Balaban J connectivity index is 2.54. The van der Waals surface area contributed by atoms with Crippen LogP contribution in [0.5, 0.6) is 0 Å². The predicted octanol–water partition coefficient (Wildman–Crippen LogP) is 1.92. The molecular formula is C14H21BrNO2+.